The summed E-state index contributed by atoms with van der Waals surface area (Å²) < 4.78 is 1.85. The Morgan fingerprint density at radius 3 is 2.68 bits per heavy atom. The van der Waals surface area contributed by atoms with Crippen molar-refractivity contribution >= 4 is 5.69 Å². The highest BCUT2D eigenvalue weighted by molar-refractivity contribution is 5.48. The molecule has 25 heavy (non-hydrogen) atoms. The summed E-state index contributed by atoms with van der Waals surface area (Å²) in [6.45, 7) is 10.0. The number of piperazine rings is 1. The molecule has 1 aromatic heterocycles. The molecule has 5 heteroatoms. The van der Waals surface area contributed by atoms with E-state index in [1.54, 1.807) is 0 Å². The molecule has 2 aromatic rings. The van der Waals surface area contributed by atoms with Crippen molar-refractivity contribution in [3.8, 4) is 0 Å². The number of aryl methyl sites for hydroxylation is 2. The largest absolute Gasteiger partial charge is 0.369 e. The van der Waals surface area contributed by atoms with E-state index in [9.17, 15) is 0 Å². The molecular formula is C20H31N5. The van der Waals surface area contributed by atoms with Crippen molar-refractivity contribution in [3.05, 3.63) is 47.8 Å². The molecule has 0 radical (unpaired) electrons. The molecule has 1 aliphatic rings. The Morgan fingerprint density at radius 1 is 1.12 bits per heavy atom. The molecule has 0 saturated carbocycles. The van der Waals surface area contributed by atoms with Crippen LogP contribution in [-0.4, -0.2) is 53.9 Å². The summed E-state index contributed by atoms with van der Waals surface area (Å²) in [6, 6.07) is 8.86. The lowest BCUT2D eigenvalue weighted by Gasteiger charge is -2.36. The van der Waals surface area contributed by atoms with Gasteiger partial charge in [0, 0.05) is 57.2 Å². The van der Waals surface area contributed by atoms with Crippen LogP contribution in [0.25, 0.3) is 0 Å². The molecule has 0 bridgehead atoms. The molecule has 0 unspecified atom stereocenters. The van der Waals surface area contributed by atoms with Crippen molar-refractivity contribution in [1.29, 1.82) is 0 Å². The van der Waals surface area contributed by atoms with Gasteiger partial charge in [0.05, 0.1) is 6.20 Å². The highest BCUT2D eigenvalue weighted by atomic mass is 15.3. The number of benzene rings is 1. The van der Waals surface area contributed by atoms with E-state index in [1.165, 1.54) is 49.3 Å². The van der Waals surface area contributed by atoms with Crippen molar-refractivity contribution < 1.29 is 0 Å². The highest BCUT2D eigenvalue weighted by Crippen LogP contribution is 2.17. The maximum absolute atomic E-state index is 4.19. The molecule has 0 spiro atoms. The van der Waals surface area contributed by atoms with Crippen LogP contribution in [0.2, 0.25) is 0 Å². The van der Waals surface area contributed by atoms with E-state index in [0.717, 1.165) is 26.2 Å². The fourth-order valence-corrected chi connectivity index (χ4v) is 3.44. The number of nitrogens with zero attached hydrogens (tertiary/aromatic N) is 4. The van der Waals surface area contributed by atoms with Crippen LogP contribution in [0.3, 0.4) is 0 Å². The molecule has 1 N–H and O–H groups in total. The van der Waals surface area contributed by atoms with Crippen LogP contribution >= 0.6 is 0 Å². The van der Waals surface area contributed by atoms with Gasteiger partial charge in [-0.2, -0.15) is 5.10 Å². The van der Waals surface area contributed by atoms with Crippen molar-refractivity contribution in [1.82, 2.24) is 20.0 Å². The lowest BCUT2D eigenvalue weighted by atomic mass is 10.2. The fourth-order valence-electron chi connectivity index (χ4n) is 3.44. The molecule has 3 rings (SSSR count). The van der Waals surface area contributed by atoms with E-state index < -0.39 is 0 Å². The standard InChI is InChI=1S/C20H31N5/c1-18-6-5-7-20(14-18)25-12-10-24(11-13-25)9-4-3-8-21-15-19-16-22-23(2)17-19/h5-7,14,16-17,21H,3-4,8-13,15H2,1-2H3. The van der Waals surface area contributed by atoms with E-state index in [0.29, 0.717) is 0 Å². The first-order chi connectivity index (χ1) is 12.2. The summed E-state index contributed by atoms with van der Waals surface area (Å²) in [5.41, 5.74) is 3.98. The van der Waals surface area contributed by atoms with Crippen molar-refractivity contribution in [2.24, 2.45) is 7.05 Å². The van der Waals surface area contributed by atoms with Gasteiger partial charge in [-0.05, 0) is 50.6 Å². The minimum absolute atomic E-state index is 0.920. The van der Waals surface area contributed by atoms with Gasteiger partial charge in [-0.15, -0.1) is 0 Å². The second-order valence-corrected chi connectivity index (χ2v) is 7.07. The molecule has 1 fully saturated rings. The lowest BCUT2D eigenvalue weighted by molar-refractivity contribution is 0.252. The van der Waals surface area contributed by atoms with Crippen LogP contribution in [0.5, 0.6) is 0 Å². The third-order valence-corrected chi connectivity index (χ3v) is 4.90. The van der Waals surface area contributed by atoms with Crippen LogP contribution in [0.15, 0.2) is 36.7 Å². The SMILES string of the molecule is Cc1cccc(N2CCN(CCCCNCc3cnn(C)c3)CC2)c1. The molecule has 1 aliphatic heterocycles. The number of unbranched alkanes of at least 4 members (excludes halogenated alkanes) is 1. The van der Waals surface area contributed by atoms with Gasteiger partial charge in [0.15, 0.2) is 0 Å². The number of rotatable bonds is 8. The first kappa shape index (κ1) is 18.0. The van der Waals surface area contributed by atoms with E-state index in [1.807, 2.05) is 17.9 Å². The van der Waals surface area contributed by atoms with Crippen LogP contribution in [0.1, 0.15) is 24.0 Å². The zero-order valence-electron chi connectivity index (χ0n) is 15.6. The Morgan fingerprint density at radius 2 is 1.96 bits per heavy atom. The van der Waals surface area contributed by atoms with Gasteiger partial charge in [0.1, 0.15) is 0 Å². The van der Waals surface area contributed by atoms with E-state index >= 15 is 0 Å². The second-order valence-electron chi connectivity index (χ2n) is 7.07. The Bertz CT molecular complexity index is 643. The molecule has 2 heterocycles. The molecule has 1 aromatic carbocycles. The van der Waals surface area contributed by atoms with Gasteiger partial charge in [0.2, 0.25) is 0 Å². The number of nitrogens with one attached hydrogen (secondary N) is 1. The monoisotopic (exact) mass is 341 g/mol. The van der Waals surface area contributed by atoms with Crippen molar-refractivity contribution in [2.45, 2.75) is 26.3 Å². The van der Waals surface area contributed by atoms with Gasteiger partial charge < -0.3 is 10.2 Å². The molecule has 136 valence electrons. The molecule has 1 saturated heterocycles. The summed E-state index contributed by atoms with van der Waals surface area (Å²) >= 11 is 0. The highest BCUT2D eigenvalue weighted by Gasteiger charge is 2.16. The Hall–Kier alpha value is -1.85. The Kier molecular flexibility index (Phi) is 6.48. The topological polar surface area (TPSA) is 36.3 Å². The van der Waals surface area contributed by atoms with Gasteiger partial charge in [-0.3, -0.25) is 9.58 Å². The lowest BCUT2D eigenvalue weighted by Crippen LogP contribution is -2.46. The van der Waals surface area contributed by atoms with Gasteiger partial charge in [-0.1, -0.05) is 12.1 Å². The average molecular weight is 342 g/mol. The molecule has 5 nitrogen and oxygen atoms in total. The Balaban J connectivity index is 1.27. The molecule has 0 atom stereocenters. The zero-order chi connectivity index (χ0) is 17.5. The predicted octanol–water partition coefficient (Wildman–Crippen LogP) is 2.42. The third kappa shape index (κ3) is 5.58. The van der Waals surface area contributed by atoms with Crippen LogP contribution in [-0.2, 0) is 13.6 Å². The summed E-state index contributed by atoms with van der Waals surface area (Å²) in [7, 11) is 1.96. The van der Waals surface area contributed by atoms with E-state index in [2.05, 4.69) is 57.6 Å². The number of aromatic nitrogens is 2. The van der Waals surface area contributed by atoms with Gasteiger partial charge in [-0.25, -0.2) is 0 Å². The normalized spacial score (nSPS) is 15.7. The molecule has 0 aliphatic carbocycles. The molecule has 0 amide bonds. The number of anilines is 1. The average Bonchev–Trinajstić information content (AvgIpc) is 3.04. The maximum Gasteiger partial charge on any atom is 0.0534 e. The Labute approximate surface area is 151 Å². The predicted molar refractivity (Wildman–Crippen MR) is 104 cm³/mol. The molecular weight excluding hydrogens is 310 g/mol. The van der Waals surface area contributed by atoms with Crippen LogP contribution in [0.4, 0.5) is 5.69 Å². The number of hydrogen-bond acceptors (Lipinski definition) is 4. The van der Waals surface area contributed by atoms with Crippen molar-refractivity contribution in [3.63, 3.8) is 0 Å². The van der Waals surface area contributed by atoms with Crippen molar-refractivity contribution in [2.75, 3.05) is 44.2 Å². The summed E-state index contributed by atoms with van der Waals surface area (Å²) in [5.74, 6) is 0. The zero-order valence-corrected chi connectivity index (χ0v) is 15.6. The first-order valence-electron chi connectivity index (χ1n) is 9.43. The summed E-state index contributed by atoms with van der Waals surface area (Å²) in [4.78, 5) is 5.12. The first-order valence-corrected chi connectivity index (χ1v) is 9.43. The van der Waals surface area contributed by atoms with E-state index in [-0.39, 0.29) is 0 Å². The van der Waals surface area contributed by atoms with Crippen LogP contribution < -0.4 is 10.2 Å². The quantitative estimate of drug-likeness (QED) is 0.748. The fraction of sp³-hybridized carbons (Fsp3) is 0.550. The minimum Gasteiger partial charge on any atom is -0.369 e. The second kappa shape index (κ2) is 9.02. The van der Waals surface area contributed by atoms with Crippen LogP contribution in [0, 0.1) is 6.92 Å². The third-order valence-electron chi connectivity index (χ3n) is 4.90. The summed E-state index contributed by atoms with van der Waals surface area (Å²) in [6.07, 6.45) is 6.50. The van der Waals surface area contributed by atoms with Gasteiger partial charge in [0.25, 0.3) is 0 Å². The van der Waals surface area contributed by atoms with Gasteiger partial charge >= 0.3 is 0 Å². The smallest absolute Gasteiger partial charge is 0.0534 e. The number of hydrogen-bond donors (Lipinski definition) is 1. The van der Waals surface area contributed by atoms with E-state index in [4.69, 9.17) is 0 Å². The maximum atomic E-state index is 4.19. The minimum atomic E-state index is 0.920. The summed E-state index contributed by atoms with van der Waals surface area (Å²) in [5, 5.41) is 7.70.